The van der Waals surface area contributed by atoms with Gasteiger partial charge in [-0.25, -0.2) is 9.98 Å². The molecule has 0 aliphatic carbocycles. The molecule has 0 saturated heterocycles. The summed E-state index contributed by atoms with van der Waals surface area (Å²) in [5, 5.41) is 3.74. The van der Waals surface area contributed by atoms with Gasteiger partial charge in [-0.1, -0.05) is 108 Å². The summed E-state index contributed by atoms with van der Waals surface area (Å²) in [6.07, 6.45) is 1.50. The average molecular weight is 805 g/mol. The molecule has 4 nitrogen and oxygen atoms in total. The molecule has 0 amide bonds. The molecule has 265 valence electrons. The van der Waals surface area contributed by atoms with E-state index in [9.17, 15) is 25.2 Å². The monoisotopic (exact) mass is 804 g/mol. The molecule has 2 atom stereocenters. The Balaban J connectivity index is 0.000000640. The number of hydrogen-bond donors (Lipinski definition) is 0. The molecule has 0 N–H and O–H groups in total. The number of halogens is 6. The van der Waals surface area contributed by atoms with Crippen LogP contribution in [0.3, 0.4) is 0 Å². The van der Waals surface area contributed by atoms with Crippen LogP contribution in [0.4, 0.5) is 25.2 Å². The Hall–Kier alpha value is -2.30. The van der Waals surface area contributed by atoms with Crippen molar-refractivity contribution in [2.24, 2.45) is 20.8 Å². The molecule has 0 fully saturated rings. The summed E-state index contributed by atoms with van der Waals surface area (Å²) >= 11 is 0. The first-order valence-corrected chi connectivity index (χ1v) is 18.3. The molecule has 0 aromatic heterocycles. The van der Waals surface area contributed by atoms with Gasteiger partial charge in [0.15, 0.2) is 0 Å². The number of benzene rings is 3. The second-order valence-corrected chi connectivity index (χ2v) is 17.3. The van der Waals surface area contributed by atoms with Gasteiger partial charge in [-0.05, 0) is 67.1 Å². The van der Waals surface area contributed by atoms with Crippen molar-refractivity contribution in [1.82, 2.24) is 0 Å². The van der Waals surface area contributed by atoms with Crippen LogP contribution in [0.15, 0.2) is 88.8 Å². The molecule has 2 heterocycles. The predicted octanol–water partition coefficient (Wildman–Crippen LogP) is 10.1. The molecule has 13 heteroatoms. The zero-order valence-corrected chi connectivity index (χ0v) is 31.1. The van der Waals surface area contributed by atoms with E-state index in [1.165, 1.54) is 22.3 Å². The van der Waals surface area contributed by atoms with E-state index < -0.39 is 15.7 Å². The minimum Gasteiger partial charge on any atom is -0.0499 e. The van der Waals surface area contributed by atoms with Crippen LogP contribution in [0.5, 0.6) is 0 Å². The maximum Gasteiger partial charge on any atom is 2.00 e. The summed E-state index contributed by atoms with van der Waals surface area (Å²) in [7, 11) is -11.6. The van der Waals surface area contributed by atoms with Crippen molar-refractivity contribution in [2.75, 3.05) is 13.2 Å². The minimum atomic E-state index is -10.7. The third-order valence-electron chi connectivity index (χ3n) is 7.07. The van der Waals surface area contributed by atoms with E-state index in [0.717, 1.165) is 22.9 Å². The largest absolute Gasteiger partial charge is 2.00 e. The van der Waals surface area contributed by atoms with Gasteiger partial charge < -0.3 is 9.47 Å². The average Bonchev–Trinajstić information content (AvgIpc) is 3.64. The van der Waals surface area contributed by atoms with Crippen LogP contribution in [0.2, 0.25) is 0 Å². The van der Waals surface area contributed by atoms with Crippen molar-refractivity contribution in [3.05, 3.63) is 110 Å². The fourth-order valence-electron chi connectivity index (χ4n) is 4.61. The zero-order valence-electron chi connectivity index (χ0n) is 27.8. The fraction of sp³-hybridized carbons (Fsp3) is 0.343. The normalized spacial score (nSPS) is 19.1. The van der Waals surface area contributed by atoms with Crippen LogP contribution in [-0.2, 0) is 29.9 Å². The van der Waals surface area contributed by atoms with E-state index in [4.69, 9.17) is 19.5 Å². The Morgan fingerprint density at radius 1 is 0.646 bits per heavy atom. The maximum absolute atomic E-state index is 10.7. The molecular formula is C35H42F6N2O2P2Pd+. The maximum atomic E-state index is 9.87. The van der Waals surface area contributed by atoms with E-state index >= 15 is 0 Å². The molecule has 0 unspecified atom stereocenters. The number of hydrogen-bond acceptors (Lipinski definition) is 4. The molecule has 0 saturated carbocycles. The van der Waals surface area contributed by atoms with Gasteiger partial charge in [0.05, 0.1) is 12.1 Å². The van der Waals surface area contributed by atoms with E-state index in [-0.39, 0.29) is 43.3 Å². The van der Waals surface area contributed by atoms with E-state index in [1.807, 2.05) is 0 Å². The fourth-order valence-corrected chi connectivity index (χ4v) is 7.19. The second kappa shape index (κ2) is 15.3. The van der Waals surface area contributed by atoms with E-state index in [2.05, 4.69) is 134 Å². The van der Waals surface area contributed by atoms with Crippen LogP contribution in [-0.4, -0.2) is 37.1 Å². The summed E-state index contributed by atoms with van der Waals surface area (Å²) in [4.78, 5) is 10.1. The quantitative estimate of drug-likeness (QED) is 0.147. The Morgan fingerprint density at radius 2 is 0.958 bits per heavy atom. The Kier molecular flexibility index (Phi) is 13.3. The first-order chi connectivity index (χ1) is 21.5. The number of nitrogens with zero attached hydrogens (tertiary/aromatic N) is 2. The second-order valence-electron chi connectivity index (χ2n) is 13.2. The SMILES string of the molecule is CC(C)(C)[C@H]1COC(c2ccccc2P(c2ccccc2)c2ccccc2C2=N[C@@H](C(C)(C)C)CO2)=N1.F[P-](F)(F)(F)(F)F.[CH2][CH][CH2].[Pd+2]. The first kappa shape index (κ1) is 41.9. The van der Waals surface area contributed by atoms with Gasteiger partial charge in [0.25, 0.3) is 0 Å². The molecule has 3 aromatic carbocycles. The first-order valence-electron chi connectivity index (χ1n) is 14.9. The summed E-state index contributed by atoms with van der Waals surface area (Å²) < 4.78 is 71.7. The topological polar surface area (TPSA) is 43.2 Å². The molecule has 2 aliphatic rings. The van der Waals surface area contributed by atoms with Gasteiger partial charge in [0, 0.05) is 11.1 Å². The smallest absolute Gasteiger partial charge is 0.0499 e. The van der Waals surface area contributed by atoms with Crippen molar-refractivity contribution in [2.45, 2.75) is 53.6 Å². The molecule has 3 aromatic rings. The number of rotatable bonds is 5. The van der Waals surface area contributed by atoms with Crippen LogP contribution in [0.25, 0.3) is 0 Å². The number of ether oxygens (including phenoxy) is 2. The molecule has 2 aliphatic heterocycles. The van der Waals surface area contributed by atoms with Crippen molar-refractivity contribution < 1.29 is 55.1 Å². The third-order valence-corrected chi connectivity index (χ3v) is 9.62. The van der Waals surface area contributed by atoms with Gasteiger partial charge in [0.1, 0.15) is 13.2 Å². The van der Waals surface area contributed by atoms with Crippen LogP contribution < -0.4 is 15.9 Å². The molecule has 5 rings (SSSR count). The van der Waals surface area contributed by atoms with Gasteiger partial charge in [-0.2, -0.15) is 0 Å². The number of aliphatic imine (C=N–C) groups is 2. The zero-order chi connectivity index (χ0) is 35.3. The van der Waals surface area contributed by atoms with Crippen molar-refractivity contribution in [1.29, 1.82) is 0 Å². The molecule has 0 bridgehead atoms. The third kappa shape index (κ3) is 13.2. The summed E-state index contributed by atoms with van der Waals surface area (Å²) in [6.45, 7) is 21.1. The van der Waals surface area contributed by atoms with Crippen LogP contribution in [0.1, 0.15) is 52.7 Å². The minimum absolute atomic E-state index is 0. The summed E-state index contributed by atoms with van der Waals surface area (Å²) in [5.74, 6) is 1.50. The van der Waals surface area contributed by atoms with Gasteiger partial charge in [0.2, 0.25) is 11.8 Å². The summed E-state index contributed by atoms with van der Waals surface area (Å²) in [6, 6.07) is 28.2. The van der Waals surface area contributed by atoms with Crippen molar-refractivity contribution in [3.63, 3.8) is 0 Å². The standard InChI is InChI=1S/C32H37N2O2P.C3H5.F6P.Pd/c1-31(2,3)27-20-35-29(33-27)23-16-10-12-18-25(23)37(22-14-8-7-9-15-22)26-19-13-11-17-24(26)30-34-28(21-36-30)32(4,5)6;1-3-2;1-7(2,3,4,5)6;/h7-19,27-28H,20-21H2,1-6H3;3H,1-2H2;;/q;;-1;+2/t27-,28-;;;/m1.../s1. The van der Waals surface area contributed by atoms with Gasteiger partial charge in [-0.15, -0.1) is 0 Å². The molecular weight excluding hydrogens is 763 g/mol. The van der Waals surface area contributed by atoms with E-state index in [1.54, 1.807) is 0 Å². The molecule has 0 spiro atoms. The summed E-state index contributed by atoms with van der Waals surface area (Å²) in [5.41, 5.74) is 2.24. The Labute approximate surface area is 295 Å². The molecule has 3 radical (unpaired) electrons. The van der Waals surface area contributed by atoms with Crippen LogP contribution in [0, 0.1) is 31.1 Å². The van der Waals surface area contributed by atoms with Gasteiger partial charge >= 0.3 is 53.4 Å². The molecule has 48 heavy (non-hydrogen) atoms. The van der Waals surface area contributed by atoms with Crippen LogP contribution >= 0.6 is 15.7 Å². The predicted molar refractivity (Wildman–Crippen MR) is 185 cm³/mol. The van der Waals surface area contributed by atoms with Crippen molar-refractivity contribution in [3.8, 4) is 0 Å². The van der Waals surface area contributed by atoms with Crippen molar-refractivity contribution >= 4 is 43.4 Å². The Morgan fingerprint density at radius 3 is 1.27 bits per heavy atom. The Bertz CT molecular complexity index is 1480. The van der Waals surface area contributed by atoms with E-state index in [0.29, 0.717) is 13.2 Å². The van der Waals surface area contributed by atoms with Gasteiger partial charge in [-0.3, -0.25) is 0 Å².